The molecule has 1 unspecified atom stereocenters. The Morgan fingerprint density at radius 2 is 2.05 bits per heavy atom. The number of aliphatic carboxylic acids is 1. The largest absolute Gasteiger partial charge is 0.497 e. The number of carbonyl (C=O) groups excluding carboxylic acids is 1. The van der Waals surface area contributed by atoms with Crippen LogP contribution in [0.3, 0.4) is 0 Å². The van der Waals surface area contributed by atoms with Gasteiger partial charge in [0.15, 0.2) is 0 Å². The van der Waals surface area contributed by atoms with E-state index >= 15 is 0 Å². The van der Waals surface area contributed by atoms with Gasteiger partial charge < -0.3 is 14.7 Å². The van der Waals surface area contributed by atoms with E-state index < -0.39 is 11.9 Å². The van der Waals surface area contributed by atoms with Crippen molar-refractivity contribution in [3.05, 3.63) is 29.8 Å². The van der Waals surface area contributed by atoms with Gasteiger partial charge in [0.25, 0.3) is 0 Å². The fourth-order valence-corrected chi connectivity index (χ4v) is 2.33. The number of methoxy groups -OCH3 is 1. The minimum Gasteiger partial charge on any atom is -0.497 e. The molecule has 1 amide bonds. The smallest absolute Gasteiger partial charge is 0.308 e. The van der Waals surface area contributed by atoms with Gasteiger partial charge in [-0.3, -0.25) is 9.59 Å². The number of rotatable bonds is 4. The standard InChI is InChI=1S/C14H17NO4/c1-9(10-3-5-12(19-2)6-4-10)15-8-11(14(17)18)7-13(15)16/h3-6,9,11H,7-8H2,1-2H3,(H,17,18)/t9?,11-/m1/s1. The highest BCUT2D eigenvalue weighted by atomic mass is 16.5. The number of carboxylic acids is 1. The van der Waals surface area contributed by atoms with Crippen molar-refractivity contribution in [2.75, 3.05) is 13.7 Å². The third kappa shape index (κ3) is 2.70. The van der Waals surface area contributed by atoms with Gasteiger partial charge in [-0.25, -0.2) is 0 Å². The first kappa shape index (κ1) is 13.4. The third-order valence-corrected chi connectivity index (χ3v) is 3.57. The molecule has 1 aliphatic heterocycles. The van der Waals surface area contributed by atoms with Crippen LogP contribution >= 0.6 is 0 Å². The zero-order valence-corrected chi connectivity index (χ0v) is 11.0. The summed E-state index contributed by atoms with van der Waals surface area (Å²) >= 11 is 0. The number of nitrogens with zero attached hydrogens (tertiary/aromatic N) is 1. The monoisotopic (exact) mass is 263 g/mol. The van der Waals surface area contributed by atoms with Gasteiger partial charge in [-0.2, -0.15) is 0 Å². The normalized spacial score (nSPS) is 20.4. The molecule has 1 aliphatic rings. The van der Waals surface area contributed by atoms with Crippen molar-refractivity contribution in [2.45, 2.75) is 19.4 Å². The second kappa shape index (κ2) is 5.30. The number of amides is 1. The number of hydrogen-bond acceptors (Lipinski definition) is 3. The van der Waals surface area contributed by atoms with Crippen LogP contribution < -0.4 is 4.74 Å². The lowest BCUT2D eigenvalue weighted by atomic mass is 10.1. The van der Waals surface area contributed by atoms with E-state index in [2.05, 4.69) is 0 Å². The van der Waals surface area contributed by atoms with Crippen LogP contribution in [0, 0.1) is 5.92 Å². The van der Waals surface area contributed by atoms with Crippen molar-refractivity contribution in [1.29, 1.82) is 0 Å². The van der Waals surface area contributed by atoms with Crippen LogP contribution in [0.15, 0.2) is 24.3 Å². The third-order valence-electron chi connectivity index (χ3n) is 3.57. The average molecular weight is 263 g/mol. The summed E-state index contributed by atoms with van der Waals surface area (Å²) < 4.78 is 5.09. The van der Waals surface area contributed by atoms with Crippen LogP contribution in [0.25, 0.3) is 0 Å². The summed E-state index contributed by atoms with van der Waals surface area (Å²) in [6.45, 7) is 2.19. The molecule has 1 saturated heterocycles. The molecule has 0 saturated carbocycles. The summed E-state index contributed by atoms with van der Waals surface area (Å²) in [5.74, 6) is -0.839. The van der Waals surface area contributed by atoms with Gasteiger partial charge in [0.1, 0.15) is 5.75 Å². The molecule has 0 bridgehead atoms. The highest BCUT2D eigenvalue weighted by molar-refractivity contribution is 5.86. The Hall–Kier alpha value is -2.04. The summed E-state index contributed by atoms with van der Waals surface area (Å²) in [4.78, 5) is 24.4. The number of carboxylic acid groups (broad SMARTS) is 1. The molecule has 5 nitrogen and oxygen atoms in total. The lowest BCUT2D eigenvalue weighted by molar-refractivity contribution is -0.141. The molecule has 2 rings (SSSR count). The lowest BCUT2D eigenvalue weighted by Crippen LogP contribution is -2.29. The summed E-state index contributed by atoms with van der Waals surface area (Å²) in [6.07, 6.45) is 0.0931. The average Bonchev–Trinajstić information content (AvgIpc) is 2.80. The minimum atomic E-state index is -0.905. The molecular formula is C14H17NO4. The molecule has 0 spiro atoms. The Morgan fingerprint density at radius 3 is 2.53 bits per heavy atom. The maximum Gasteiger partial charge on any atom is 0.308 e. The van der Waals surface area contributed by atoms with Crippen LogP contribution in [0.4, 0.5) is 0 Å². The molecule has 1 aromatic carbocycles. The van der Waals surface area contributed by atoms with Gasteiger partial charge in [0.05, 0.1) is 19.1 Å². The Bertz CT molecular complexity index is 483. The Kier molecular flexibility index (Phi) is 3.74. The Labute approximate surface area is 111 Å². The maximum atomic E-state index is 11.9. The zero-order valence-electron chi connectivity index (χ0n) is 11.0. The van der Waals surface area contributed by atoms with Crippen molar-refractivity contribution in [3.8, 4) is 5.75 Å². The van der Waals surface area contributed by atoms with E-state index in [-0.39, 0.29) is 24.9 Å². The van der Waals surface area contributed by atoms with E-state index in [0.717, 1.165) is 11.3 Å². The van der Waals surface area contributed by atoms with Gasteiger partial charge in [-0.1, -0.05) is 12.1 Å². The predicted octanol–water partition coefficient (Wildman–Crippen LogP) is 1.69. The van der Waals surface area contributed by atoms with Crippen LogP contribution in [0.5, 0.6) is 5.75 Å². The van der Waals surface area contributed by atoms with E-state index in [1.54, 1.807) is 12.0 Å². The van der Waals surface area contributed by atoms with Crippen molar-refractivity contribution in [3.63, 3.8) is 0 Å². The first-order valence-corrected chi connectivity index (χ1v) is 6.19. The van der Waals surface area contributed by atoms with Crippen LogP contribution in [-0.4, -0.2) is 35.5 Å². The van der Waals surface area contributed by atoms with Crippen LogP contribution in [0.1, 0.15) is 24.9 Å². The first-order chi connectivity index (χ1) is 9.02. The molecule has 5 heteroatoms. The number of benzene rings is 1. The molecule has 19 heavy (non-hydrogen) atoms. The van der Waals surface area contributed by atoms with Gasteiger partial charge in [-0.05, 0) is 24.6 Å². The number of likely N-dealkylation sites (tertiary alicyclic amines) is 1. The number of ether oxygens (including phenoxy) is 1. The SMILES string of the molecule is COc1ccc(C(C)N2C[C@H](C(=O)O)CC2=O)cc1. The van der Waals surface area contributed by atoms with Gasteiger partial charge in [0.2, 0.25) is 5.91 Å². The molecule has 1 heterocycles. The van der Waals surface area contributed by atoms with Crippen molar-refractivity contribution in [1.82, 2.24) is 4.90 Å². The highest BCUT2D eigenvalue weighted by Gasteiger charge is 2.36. The number of hydrogen-bond donors (Lipinski definition) is 1. The fraction of sp³-hybridized carbons (Fsp3) is 0.429. The van der Waals surface area contributed by atoms with E-state index in [9.17, 15) is 9.59 Å². The highest BCUT2D eigenvalue weighted by Crippen LogP contribution is 2.29. The summed E-state index contributed by atoms with van der Waals surface area (Å²) in [5, 5.41) is 8.97. The zero-order chi connectivity index (χ0) is 14.0. The Morgan fingerprint density at radius 1 is 1.42 bits per heavy atom. The Balaban J connectivity index is 2.12. The number of carbonyl (C=O) groups is 2. The maximum absolute atomic E-state index is 11.9. The van der Waals surface area contributed by atoms with E-state index in [4.69, 9.17) is 9.84 Å². The fourth-order valence-electron chi connectivity index (χ4n) is 2.33. The summed E-state index contributed by atoms with van der Waals surface area (Å²) in [7, 11) is 1.60. The quantitative estimate of drug-likeness (QED) is 0.897. The molecule has 102 valence electrons. The van der Waals surface area contributed by atoms with Crippen molar-refractivity contribution in [2.24, 2.45) is 5.92 Å². The minimum absolute atomic E-state index is 0.0931. The van der Waals surface area contributed by atoms with Crippen LogP contribution in [-0.2, 0) is 9.59 Å². The second-order valence-corrected chi connectivity index (χ2v) is 4.73. The van der Waals surface area contributed by atoms with E-state index in [1.165, 1.54) is 0 Å². The van der Waals surface area contributed by atoms with Gasteiger partial charge in [0, 0.05) is 13.0 Å². The molecule has 1 fully saturated rings. The second-order valence-electron chi connectivity index (χ2n) is 4.73. The predicted molar refractivity (Wildman–Crippen MR) is 68.9 cm³/mol. The van der Waals surface area contributed by atoms with Crippen LogP contribution in [0.2, 0.25) is 0 Å². The topological polar surface area (TPSA) is 66.8 Å². The van der Waals surface area contributed by atoms with Gasteiger partial charge in [-0.15, -0.1) is 0 Å². The lowest BCUT2D eigenvalue weighted by Gasteiger charge is -2.25. The van der Waals surface area contributed by atoms with Crippen molar-refractivity contribution >= 4 is 11.9 Å². The van der Waals surface area contributed by atoms with E-state index in [0.29, 0.717) is 0 Å². The summed E-state index contributed by atoms with van der Waals surface area (Å²) in [6, 6.07) is 7.33. The molecule has 1 aromatic rings. The van der Waals surface area contributed by atoms with Gasteiger partial charge >= 0.3 is 5.97 Å². The summed E-state index contributed by atoms with van der Waals surface area (Å²) in [5.41, 5.74) is 0.972. The first-order valence-electron chi connectivity index (χ1n) is 6.19. The molecule has 0 radical (unpaired) electrons. The van der Waals surface area contributed by atoms with Crippen molar-refractivity contribution < 1.29 is 19.4 Å². The van der Waals surface area contributed by atoms with E-state index in [1.807, 2.05) is 31.2 Å². The molecule has 2 atom stereocenters. The molecule has 0 aromatic heterocycles. The molecule has 1 N–H and O–H groups in total. The molecule has 0 aliphatic carbocycles. The molecular weight excluding hydrogens is 246 g/mol.